The van der Waals surface area contributed by atoms with Crippen molar-refractivity contribution in [2.24, 2.45) is 10.9 Å². The number of nitrogens with zero attached hydrogens (tertiary/aromatic N) is 3. The van der Waals surface area contributed by atoms with Gasteiger partial charge in [0, 0.05) is 25.0 Å². The lowest BCUT2D eigenvalue weighted by molar-refractivity contribution is 0.601. The second kappa shape index (κ2) is 6.36. The van der Waals surface area contributed by atoms with E-state index in [9.17, 15) is 9.59 Å². The zero-order valence-electron chi connectivity index (χ0n) is 12.0. The highest BCUT2D eigenvalue weighted by Gasteiger charge is 2.11. The van der Waals surface area contributed by atoms with Crippen LogP contribution in [0, 0.1) is 5.92 Å². The van der Waals surface area contributed by atoms with Crippen LogP contribution in [0.5, 0.6) is 0 Å². The summed E-state index contributed by atoms with van der Waals surface area (Å²) in [6.45, 7) is 8.99. The van der Waals surface area contributed by atoms with Gasteiger partial charge in [0.1, 0.15) is 0 Å². The summed E-state index contributed by atoms with van der Waals surface area (Å²) in [6, 6.07) is 0. The third-order valence-corrected chi connectivity index (χ3v) is 2.73. The molecule has 0 bridgehead atoms. The SMILES string of the molecule is CCCn1cc(C(C)=NCC(C)C)c(=O)n(N)c1=O. The molecule has 0 aliphatic carbocycles. The Hall–Kier alpha value is -1.85. The zero-order chi connectivity index (χ0) is 14.6. The van der Waals surface area contributed by atoms with Gasteiger partial charge in [0.15, 0.2) is 0 Å². The van der Waals surface area contributed by atoms with Gasteiger partial charge < -0.3 is 5.84 Å². The first kappa shape index (κ1) is 15.2. The number of hydrogen-bond donors (Lipinski definition) is 1. The fourth-order valence-corrected chi connectivity index (χ4v) is 1.68. The second-order valence-electron chi connectivity index (χ2n) is 5.01. The fraction of sp³-hybridized carbons (Fsp3) is 0.615. The molecule has 0 atom stereocenters. The van der Waals surface area contributed by atoms with E-state index in [4.69, 9.17) is 5.84 Å². The monoisotopic (exact) mass is 266 g/mol. The smallest absolute Gasteiger partial charge is 0.332 e. The summed E-state index contributed by atoms with van der Waals surface area (Å²) in [5.41, 5.74) is 0.00794. The molecule has 1 aromatic rings. The van der Waals surface area contributed by atoms with Crippen LogP contribution in [-0.4, -0.2) is 21.5 Å². The van der Waals surface area contributed by atoms with Crippen molar-refractivity contribution in [3.05, 3.63) is 32.6 Å². The lowest BCUT2D eigenvalue weighted by Crippen LogP contribution is -2.46. The first-order valence-electron chi connectivity index (χ1n) is 6.51. The number of nitrogens with two attached hydrogens (primary N) is 1. The minimum atomic E-state index is -0.498. The molecule has 0 unspecified atom stereocenters. The maximum atomic E-state index is 12.0. The molecule has 0 fully saturated rings. The molecule has 0 aromatic carbocycles. The summed E-state index contributed by atoms with van der Waals surface area (Å²) in [4.78, 5) is 28.1. The number of hydrogen-bond acceptors (Lipinski definition) is 4. The van der Waals surface area contributed by atoms with E-state index in [1.807, 2.05) is 6.92 Å². The van der Waals surface area contributed by atoms with Crippen LogP contribution < -0.4 is 17.1 Å². The van der Waals surface area contributed by atoms with Crippen molar-refractivity contribution < 1.29 is 0 Å². The summed E-state index contributed by atoms with van der Waals surface area (Å²) in [6.07, 6.45) is 2.34. The van der Waals surface area contributed by atoms with E-state index in [1.165, 1.54) is 4.57 Å². The first-order chi connectivity index (χ1) is 8.88. The molecule has 0 spiro atoms. The number of aryl methyl sites for hydroxylation is 1. The van der Waals surface area contributed by atoms with E-state index in [1.54, 1.807) is 13.1 Å². The molecule has 0 aliphatic rings. The second-order valence-corrected chi connectivity index (χ2v) is 5.01. The van der Waals surface area contributed by atoms with Gasteiger partial charge >= 0.3 is 5.69 Å². The number of nitrogen functional groups attached to an aromatic ring is 1. The first-order valence-corrected chi connectivity index (χ1v) is 6.51. The minimum absolute atomic E-state index is 0.385. The Morgan fingerprint density at radius 2 is 2.05 bits per heavy atom. The van der Waals surface area contributed by atoms with E-state index in [0.717, 1.165) is 6.42 Å². The quantitative estimate of drug-likeness (QED) is 0.625. The van der Waals surface area contributed by atoms with Crippen molar-refractivity contribution in [2.75, 3.05) is 12.4 Å². The van der Waals surface area contributed by atoms with Crippen molar-refractivity contribution >= 4 is 5.71 Å². The molecule has 106 valence electrons. The number of rotatable bonds is 5. The molecule has 0 aliphatic heterocycles. The summed E-state index contributed by atoms with van der Waals surface area (Å²) >= 11 is 0. The van der Waals surface area contributed by atoms with Gasteiger partial charge in [-0.25, -0.2) is 4.79 Å². The Kier molecular flexibility index (Phi) is 5.09. The highest BCUT2D eigenvalue weighted by atomic mass is 16.2. The standard InChI is InChI=1S/C13H22N4O2/c1-5-6-16-8-11(10(4)15-7-9(2)3)12(18)17(14)13(16)19/h8-9H,5-7,14H2,1-4H3. The Morgan fingerprint density at radius 1 is 1.42 bits per heavy atom. The molecular formula is C13H22N4O2. The van der Waals surface area contributed by atoms with Crippen molar-refractivity contribution in [3.63, 3.8) is 0 Å². The number of aromatic nitrogens is 2. The predicted molar refractivity (Wildman–Crippen MR) is 77.3 cm³/mol. The van der Waals surface area contributed by atoms with Crippen LogP contribution in [0.3, 0.4) is 0 Å². The number of aliphatic imine (C=N–C) groups is 1. The highest BCUT2D eigenvalue weighted by Crippen LogP contribution is 1.98. The van der Waals surface area contributed by atoms with Crippen LogP contribution in [0.15, 0.2) is 20.8 Å². The van der Waals surface area contributed by atoms with Gasteiger partial charge in [-0.3, -0.25) is 14.4 Å². The molecule has 6 heteroatoms. The van der Waals surface area contributed by atoms with Gasteiger partial charge in [-0.05, 0) is 19.3 Å². The molecule has 0 amide bonds. The predicted octanol–water partition coefficient (Wildman–Crippen LogP) is 0.599. The lowest BCUT2D eigenvalue weighted by atomic mass is 10.2. The molecule has 19 heavy (non-hydrogen) atoms. The van der Waals surface area contributed by atoms with Gasteiger partial charge in [0.05, 0.1) is 5.56 Å². The van der Waals surface area contributed by atoms with Gasteiger partial charge in [0.25, 0.3) is 5.56 Å². The van der Waals surface area contributed by atoms with Crippen LogP contribution >= 0.6 is 0 Å². The maximum absolute atomic E-state index is 12.0. The molecule has 0 radical (unpaired) electrons. The average molecular weight is 266 g/mol. The summed E-state index contributed by atoms with van der Waals surface area (Å²) < 4.78 is 2.10. The maximum Gasteiger partial charge on any atom is 0.349 e. The molecule has 1 aromatic heterocycles. The molecule has 1 heterocycles. The Bertz CT molecular complexity index is 581. The molecule has 1 rings (SSSR count). The van der Waals surface area contributed by atoms with Crippen LogP contribution in [0.1, 0.15) is 39.7 Å². The normalized spacial score (nSPS) is 12.2. The van der Waals surface area contributed by atoms with Crippen molar-refractivity contribution in [1.29, 1.82) is 0 Å². The molecule has 0 saturated carbocycles. The summed E-state index contributed by atoms with van der Waals surface area (Å²) in [5, 5.41) is 0. The van der Waals surface area contributed by atoms with Gasteiger partial charge in [-0.15, -0.1) is 0 Å². The fourth-order valence-electron chi connectivity index (χ4n) is 1.68. The van der Waals surface area contributed by atoms with E-state index in [-0.39, 0.29) is 0 Å². The van der Waals surface area contributed by atoms with E-state index in [2.05, 4.69) is 18.8 Å². The highest BCUT2D eigenvalue weighted by molar-refractivity contribution is 5.98. The van der Waals surface area contributed by atoms with Crippen molar-refractivity contribution in [3.8, 4) is 0 Å². The third-order valence-electron chi connectivity index (χ3n) is 2.73. The van der Waals surface area contributed by atoms with Crippen LogP contribution in [-0.2, 0) is 6.54 Å². The topological polar surface area (TPSA) is 82.4 Å². The lowest BCUT2D eigenvalue weighted by Gasteiger charge is -2.09. The molecule has 0 saturated heterocycles. The van der Waals surface area contributed by atoms with Gasteiger partial charge in [-0.1, -0.05) is 20.8 Å². The Balaban J connectivity index is 3.32. The van der Waals surface area contributed by atoms with E-state index in [0.29, 0.717) is 35.0 Å². The zero-order valence-corrected chi connectivity index (χ0v) is 12.0. The third kappa shape index (κ3) is 3.56. The molecule has 6 nitrogen and oxygen atoms in total. The Labute approximate surface area is 112 Å². The minimum Gasteiger partial charge on any atom is -0.332 e. The summed E-state index contributed by atoms with van der Waals surface area (Å²) in [5.74, 6) is 5.94. The van der Waals surface area contributed by atoms with Gasteiger partial charge in [0.2, 0.25) is 0 Å². The van der Waals surface area contributed by atoms with E-state index < -0.39 is 11.2 Å². The van der Waals surface area contributed by atoms with Crippen molar-refractivity contribution in [2.45, 2.75) is 40.7 Å². The Morgan fingerprint density at radius 3 is 2.58 bits per heavy atom. The van der Waals surface area contributed by atoms with Gasteiger partial charge in [-0.2, -0.15) is 4.68 Å². The van der Waals surface area contributed by atoms with Crippen LogP contribution in [0.2, 0.25) is 0 Å². The largest absolute Gasteiger partial charge is 0.349 e. The molecule has 2 N–H and O–H groups in total. The van der Waals surface area contributed by atoms with Crippen LogP contribution in [0.25, 0.3) is 0 Å². The molecular weight excluding hydrogens is 244 g/mol. The van der Waals surface area contributed by atoms with E-state index >= 15 is 0 Å². The average Bonchev–Trinajstić information content (AvgIpc) is 2.36. The van der Waals surface area contributed by atoms with Crippen LogP contribution in [0.4, 0.5) is 0 Å². The van der Waals surface area contributed by atoms with Crippen molar-refractivity contribution in [1.82, 2.24) is 9.24 Å². The summed E-state index contributed by atoms with van der Waals surface area (Å²) in [7, 11) is 0.